The molecular formula is C27H23ClN4O2. The summed E-state index contributed by atoms with van der Waals surface area (Å²) in [6.07, 6.45) is 1.54. The van der Waals surface area contributed by atoms with E-state index in [0.29, 0.717) is 16.1 Å². The highest BCUT2D eigenvalue weighted by atomic mass is 35.5. The first-order valence-corrected chi connectivity index (χ1v) is 11.4. The number of hydrogen-bond acceptors (Lipinski definition) is 3. The van der Waals surface area contributed by atoms with Gasteiger partial charge in [0, 0.05) is 16.1 Å². The van der Waals surface area contributed by atoms with Crippen molar-refractivity contribution < 1.29 is 4.79 Å². The number of aryl methyl sites for hydroxylation is 2. The smallest absolute Gasteiger partial charge is 0.278 e. The van der Waals surface area contributed by atoms with Crippen molar-refractivity contribution in [2.45, 2.75) is 26.9 Å². The van der Waals surface area contributed by atoms with E-state index in [1.807, 2.05) is 74.5 Å². The number of nitrogens with zero attached hydrogens (tertiary/aromatic N) is 3. The van der Waals surface area contributed by atoms with Crippen molar-refractivity contribution in [3.63, 3.8) is 0 Å². The number of fused-ring (bicyclic) bond motifs is 3. The Morgan fingerprint density at radius 3 is 2.56 bits per heavy atom. The minimum absolute atomic E-state index is 0.00996. The molecule has 0 radical (unpaired) electrons. The van der Waals surface area contributed by atoms with Gasteiger partial charge in [0.15, 0.2) is 0 Å². The average molecular weight is 471 g/mol. The molecule has 0 saturated carbocycles. The Morgan fingerprint density at radius 2 is 1.76 bits per heavy atom. The van der Waals surface area contributed by atoms with Crippen LogP contribution in [0.3, 0.4) is 0 Å². The van der Waals surface area contributed by atoms with Crippen LogP contribution in [0.15, 0.2) is 77.9 Å². The lowest BCUT2D eigenvalue weighted by Crippen LogP contribution is -2.25. The first-order valence-electron chi connectivity index (χ1n) is 11.0. The van der Waals surface area contributed by atoms with Gasteiger partial charge in [0.2, 0.25) is 5.91 Å². The molecule has 34 heavy (non-hydrogen) atoms. The van der Waals surface area contributed by atoms with E-state index < -0.39 is 0 Å². The first-order chi connectivity index (χ1) is 16.4. The SMILES string of the molecule is Cc1ccc(NC(=O)Cn2c3ccccc3c3ncn(Cc4ccccc4Cl)c(=O)c32)cc1C. The summed E-state index contributed by atoms with van der Waals surface area (Å²) >= 11 is 6.31. The zero-order chi connectivity index (χ0) is 23.8. The number of halogens is 1. The largest absolute Gasteiger partial charge is 0.325 e. The Morgan fingerprint density at radius 1 is 1.00 bits per heavy atom. The molecule has 170 valence electrons. The Bertz CT molecular complexity index is 1620. The third kappa shape index (κ3) is 3.97. The first kappa shape index (κ1) is 21.9. The van der Waals surface area contributed by atoms with E-state index in [4.69, 9.17) is 11.6 Å². The van der Waals surface area contributed by atoms with Crippen molar-refractivity contribution in [1.82, 2.24) is 14.1 Å². The summed E-state index contributed by atoms with van der Waals surface area (Å²) in [5.41, 5.74) is 5.34. The van der Waals surface area contributed by atoms with E-state index in [9.17, 15) is 9.59 Å². The van der Waals surface area contributed by atoms with E-state index in [1.54, 1.807) is 17.0 Å². The van der Waals surface area contributed by atoms with Gasteiger partial charge < -0.3 is 9.88 Å². The Balaban J connectivity index is 1.58. The minimum Gasteiger partial charge on any atom is -0.325 e. The summed E-state index contributed by atoms with van der Waals surface area (Å²) < 4.78 is 3.28. The van der Waals surface area contributed by atoms with E-state index in [2.05, 4.69) is 10.3 Å². The number of nitrogens with one attached hydrogen (secondary N) is 1. The predicted octanol–water partition coefficient (Wildman–Crippen LogP) is 5.31. The van der Waals surface area contributed by atoms with Crippen LogP contribution >= 0.6 is 11.6 Å². The second-order valence-electron chi connectivity index (χ2n) is 8.42. The number of aromatic nitrogens is 3. The fourth-order valence-corrected chi connectivity index (χ4v) is 4.39. The van der Waals surface area contributed by atoms with Gasteiger partial charge in [-0.1, -0.05) is 54.1 Å². The summed E-state index contributed by atoms with van der Waals surface area (Å²) in [6.45, 7) is 4.31. The molecule has 0 unspecified atom stereocenters. The van der Waals surface area contributed by atoms with Gasteiger partial charge in [0.05, 0.1) is 18.4 Å². The number of carbonyl (C=O) groups excluding carboxylic acids is 1. The summed E-state index contributed by atoms with van der Waals surface area (Å²) in [4.78, 5) is 31.2. The molecule has 0 aliphatic heterocycles. The van der Waals surface area contributed by atoms with Crippen molar-refractivity contribution in [3.8, 4) is 0 Å². The Hall–Kier alpha value is -3.90. The molecule has 3 aromatic carbocycles. The van der Waals surface area contributed by atoms with Gasteiger partial charge in [0.1, 0.15) is 17.6 Å². The molecule has 0 saturated heterocycles. The van der Waals surface area contributed by atoms with Gasteiger partial charge in [-0.3, -0.25) is 14.2 Å². The van der Waals surface area contributed by atoms with Crippen LogP contribution in [-0.2, 0) is 17.9 Å². The van der Waals surface area contributed by atoms with Gasteiger partial charge >= 0.3 is 0 Å². The van der Waals surface area contributed by atoms with Gasteiger partial charge in [-0.25, -0.2) is 4.98 Å². The van der Waals surface area contributed by atoms with Crippen molar-refractivity contribution in [2.75, 3.05) is 5.32 Å². The summed E-state index contributed by atoms with van der Waals surface area (Å²) in [6, 6.07) is 20.8. The molecule has 2 heterocycles. The Labute approximate surface area is 201 Å². The molecule has 6 nitrogen and oxygen atoms in total. The van der Waals surface area contributed by atoms with Crippen molar-refractivity contribution in [3.05, 3.63) is 105 Å². The molecular weight excluding hydrogens is 448 g/mol. The maximum absolute atomic E-state index is 13.6. The quantitative estimate of drug-likeness (QED) is 0.378. The Kier molecular flexibility index (Phi) is 5.67. The van der Waals surface area contributed by atoms with Crippen molar-refractivity contribution >= 4 is 45.1 Å². The van der Waals surface area contributed by atoms with Crippen molar-refractivity contribution in [1.29, 1.82) is 0 Å². The highest BCUT2D eigenvalue weighted by Crippen LogP contribution is 2.26. The minimum atomic E-state index is -0.222. The van der Waals surface area contributed by atoms with Crippen LogP contribution in [0.2, 0.25) is 5.02 Å². The topological polar surface area (TPSA) is 68.9 Å². The number of amides is 1. The van der Waals surface area contributed by atoms with E-state index in [1.165, 1.54) is 4.57 Å². The fourth-order valence-electron chi connectivity index (χ4n) is 4.20. The maximum atomic E-state index is 13.6. The maximum Gasteiger partial charge on any atom is 0.278 e. The molecule has 7 heteroatoms. The monoisotopic (exact) mass is 470 g/mol. The molecule has 0 bridgehead atoms. The molecule has 5 rings (SSSR count). The number of carbonyl (C=O) groups is 1. The van der Waals surface area contributed by atoms with Crippen LogP contribution in [0.1, 0.15) is 16.7 Å². The molecule has 0 fully saturated rings. The predicted molar refractivity (Wildman–Crippen MR) is 137 cm³/mol. The number of hydrogen-bond donors (Lipinski definition) is 1. The molecule has 2 aromatic heterocycles. The molecule has 0 atom stereocenters. The fraction of sp³-hybridized carbons (Fsp3) is 0.148. The lowest BCUT2D eigenvalue weighted by atomic mass is 10.1. The second-order valence-corrected chi connectivity index (χ2v) is 8.82. The third-order valence-corrected chi connectivity index (χ3v) is 6.49. The normalized spacial score (nSPS) is 11.3. The van der Waals surface area contributed by atoms with Crippen molar-refractivity contribution in [2.24, 2.45) is 0 Å². The summed E-state index contributed by atoms with van der Waals surface area (Å²) in [5.74, 6) is -0.216. The standard InChI is InChI=1S/C27H23ClN4O2/c1-17-11-12-20(13-18(17)2)30-24(33)15-32-23-10-6-4-8-21(23)25-26(32)27(34)31(16-29-25)14-19-7-3-5-9-22(19)28/h3-13,16H,14-15H2,1-2H3,(H,30,33). The second kappa shape index (κ2) is 8.80. The van der Waals surface area contributed by atoms with Crippen LogP contribution in [0.4, 0.5) is 5.69 Å². The van der Waals surface area contributed by atoms with Gasteiger partial charge in [-0.05, 0) is 54.8 Å². The zero-order valence-corrected chi connectivity index (χ0v) is 19.6. The molecule has 0 spiro atoms. The van der Waals surface area contributed by atoms with Gasteiger partial charge in [0.25, 0.3) is 5.56 Å². The number of anilines is 1. The number of rotatable bonds is 5. The highest BCUT2D eigenvalue weighted by Gasteiger charge is 2.18. The lowest BCUT2D eigenvalue weighted by molar-refractivity contribution is -0.116. The zero-order valence-electron chi connectivity index (χ0n) is 18.9. The van der Waals surface area contributed by atoms with Gasteiger partial charge in [-0.15, -0.1) is 0 Å². The molecule has 5 aromatic rings. The van der Waals surface area contributed by atoms with E-state index in [0.717, 1.165) is 33.3 Å². The van der Waals surface area contributed by atoms with E-state index in [-0.39, 0.29) is 24.6 Å². The number of para-hydroxylation sites is 1. The average Bonchev–Trinajstić information content (AvgIpc) is 3.13. The van der Waals surface area contributed by atoms with Crippen LogP contribution < -0.4 is 10.9 Å². The van der Waals surface area contributed by atoms with Gasteiger partial charge in [-0.2, -0.15) is 0 Å². The van der Waals surface area contributed by atoms with E-state index >= 15 is 0 Å². The van der Waals surface area contributed by atoms with Crippen LogP contribution in [-0.4, -0.2) is 20.0 Å². The highest BCUT2D eigenvalue weighted by molar-refractivity contribution is 6.31. The van der Waals surface area contributed by atoms with Crippen LogP contribution in [0, 0.1) is 13.8 Å². The summed E-state index contributed by atoms with van der Waals surface area (Å²) in [7, 11) is 0. The molecule has 0 aliphatic carbocycles. The number of benzene rings is 3. The van der Waals surface area contributed by atoms with Crippen LogP contribution in [0.5, 0.6) is 0 Å². The van der Waals surface area contributed by atoms with Crippen LogP contribution in [0.25, 0.3) is 21.9 Å². The molecule has 0 aliphatic rings. The molecule has 1 amide bonds. The lowest BCUT2D eigenvalue weighted by Gasteiger charge is -2.11. The molecule has 1 N–H and O–H groups in total. The third-order valence-electron chi connectivity index (χ3n) is 6.12. The summed E-state index contributed by atoms with van der Waals surface area (Å²) in [5, 5.41) is 4.37.